The molecule has 0 aromatic heterocycles. The van der Waals surface area contributed by atoms with E-state index in [1.807, 2.05) is 47.7 Å². The van der Waals surface area contributed by atoms with Gasteiger partial charge in [-0.1, -0.05) is 30.3 Å². The summed E-state index contributed by atoms with van der Waals surface area (Å²) in [6.45, 7) is 5.06. The molecular formula is C15H18INO2. The Balaban J connectivity index is 2.17. The first-order valence-corrected chi connectivity index (χ1v) is 7.92. The normalized spacial score (nSPS) is 16.7. The van der Waals surface area contributed by atoms with Crippen LogP contribution in [0, 0.1) is 0 Å². The summed E-state index contributed by atoms with van der Waals surface area (Å²) in [5.41, 5.74) is 3.14. The molecule has 4 heteroatoms. The zero-order valence-electron chi connectivity index (χ0n) is 11.2. The first-order valence-electron chi connectivity index (χ1n) is 6.39. The number of allylic oxidation sites excluding steroid dienone is 1. The lowest BCUT2D eigenvalue weighted by atomic mass is 10.1. The monoisotopic (exact) mass is 371 g/mol. The van der Waals surface area contributed by atoms with Crippen LogP contribution in [0.15, 0.2) is 41.6 Å². The Bertz CT molecular complexity index is 484. The lowest BCUT2D eigenvalue weighted by Gasteiger charge is -2.28. The second kappa shape index (κ2) is 6.41. The highest BCUT2D eigenvalue weighted by molar-refractivity contribution is 14.1. The van der Waals surface area contributed by atoms with Gasteiger partial charge in [0.25, 0.3) is 0 Å². The molecule has 102 valence electrons. The van der Waals surface area contributed by atoms with Crippen molar-refractivity contribution in [1.29, 1.82) is 0 Å². The van der Waals surface area contributed by atoms with E-state index < -0.39 is 0 Å². The number of hydrogen-bond acceptors (Lipinski definition) is 3. The van der Waals surface area contributed by atoms with E-state index in [0.717, 1.165) is 24.2 Å². The summed E-state index contributed by atoms with van der Waals surface area (Å²) in [6, 6.07) is 10.6. The number of nitrogens with zero attached hydrogens (tertiary/aromatic N) is 1. The topological polar surface area (TPSA) is 29.5 Å². The van der Waals surface area contributed by atoms with Crippen molar-refractivity contribution in [3.05, 3.63) is 47.2 Å². The molecule has 0 spiro atoms. The zero-order chi connectivity index (χ0) is 13.8. The van der Waals surface area contributed by atoms with Gasteiger partial charge in [0.05, 0.1) is 11.6 Å². The maximum atomic E-state index is 11.8. The van der Waals surface area contributed by atoms with Gasteiger partial charge >= 0.3 is 5.97 Å². The van der Waals surface area contributed by atoms with Crippen LogP contribution in [0.4, 0.5) is 0 Å². The van der Waals surface area contributed by atoms with Crippen LogP contribution in [0.2, 0.25) is 0 Å². The average Bonchev–Trinajstić information content (AvgIpc) is 2.81. The van der Waals surface area contributed by atoms with Crippen molar-refractivity contribution in [2.24, 2.45) is 0 Å². The fourth-order valence-corrected chi connectivity index (χ4v) is 2.82. The molecular weight excluding hydrogens is 353 g/mol. The minimum atomic E-state index is -0.172. The summed E-state index contributed by atoms with van der Waals surface area (Å²) in [5, 5.41) is 0. The van der Waals surface area contributed by atoms with E-state index in [-0.39, 0.29) is 12.0 Å². The van der Waals surface area contributed by atoms with Crippen molar-refractivity contribution in [3.8, 4) is 0 Å². The van der Waals surface area contributed by atoms with E-state index in [1.54, 1.807) is 0 Å². The lowest BCUT2D eigenvalue weighted by molar-refractivity contribution is -0.136. The smallest absolute Gasteiger partial charge is 0.336 e. The number of esters is 1. The SMILES string of the molecule is CC1=C(C(=O)OCI)CCN1[C@@H](C)c1ccccc1. The second-order valence-electron chi connectivity index (χ2n) is 4.63. The first kappa shape index (κ1) is 14.4. The Hall–Kier alpha value is -1.04. The first-order chi connectivity index (χ1) is 9.15. The molecule has 0 saturated heterocycles. The quantitative estimate of drug-likeness (QED) is 0.460. The largest absolute Gasteiger partial charge is 0.452 e. The van der Waals surface area contributed by atoms with Gasteiger partial charge in [-0.25, -0.2) is 4.79 Å². The highest BCUT2D eigenvalue weighted by Gasteiger charge is 2.28. The van der Waals surface area contributed by atoms with Gasteiger partial charge in [-0.15, -0.1) is 0 Å². The van der Waals surface area contributed by atoms with Crippen molar-refractivity contribution in [2.75, 3.05) is 11.2 Å². The van der Waals surface area contributed by atoms with Gasteiger partial charge < -0.3 is 9.64 Å². The summed E-state index contributed by atoms with van der Waals surface area (Å²) >= 11 is 2.04. The van der Waals surface area contributed by atoms with Crippen LogP contribution in [-0.4, -0.2) is 22.0 Å². The summed E-state index contributed by atoms with van der Waals surface area (Å²) in [7, 11) is 0. The number of benzene rings is 1. The Kier molecular flexibility index (Phi) is 4.85. The predicted molar refractivity (Wildman–Crippen MR) is 83.9 cm³/mol. The van der Waals surface area contributed by atoms with Gasteiger partial charge in [-0.2, -0.15) is 0 Å². The standard InChI is InChI=1S/C15H18INO2/c1-11(13-6-4-3-5-7-13)17-9-8-14(12(17)2)15(18)19-10-16/h3-7,11H,8-10H2,1-2H3/t11-/m0/s1. The molecule has 0 amide bonds. The number of ether oxygens (including phenoxy) is 1. The highest BCUT2D eigenvalue weighted by atomic mass is 127. The molecule has 1 aromatic carbocycles. The number of carbonyl (C=O) groups is 1. The van der Waals surface area contributed by atoms with E-state index in [2.05, 4.69) is 24.0 Å². The highest BCUT2D eigenvalue weighted by Crippen LogP contribution is 2.32. The molecule has 19 heavy (non-hydrogen) atoms. The molecule has 0 radical (unpaired) electrons. The average molecular weight is 371 g/mol. The maximum absolute atomic E-state index is 11.8. The molecule has 0 aliphatic carbocycles. The van der Waals surface area contributed by atoms with Crippen molar-refractivity contribution < 1.29 is 9.53 Å². The number of rotatable bonds is 4. The van der Waals surface area contributed by atoms with Crippen molar-refractivity contribution >= 4 is 28.6 Å². The van der Waals surface area contributed by atoms with Crippen molar-refractivity contribution in [1.82, 2.24) is 4.90 Å². The van der Waals surface area contributed by atoms with Gasteiger partial charge in [0.15, 0.2) is 0 Å². The number of alkyl halides is 1. The Morgan fingerprint density at radius 1 is 1.42 bits per heavy atom. The summed E-state index contributed by atoms with van der Waals surface area (Å²) < 4.78 is 5.50. The molecule has 0 N–H and O–H groups in total. The Morgan fingerprint density at radius 2 is 2.11 bits per heavy atom. The van der Waals surface area contributed by atoms with Crippen LogP contribution in [0.3, 0.4) is 0 Å². The number of halogens is 1. The molecule has 1 aliphatic rings. The predicted octanol–water partition coefficient (Wildman–Crippen LogP) is 3.66. The number of carbonyl (C=O) groups excluding carboxylic acids is 1. The third kappa shape index (κ3) is 3.11. The molecule has 2 rings (SSSR count). The molecule has 1 aliphatic heterocycles. The zero-order valence-corrected chi connectivity index (χ0v) is 13.4. The lowest BCUT2D eigenvalue weighted by Crippen LogP contribution is -2.22. The summed E-state index contributed by atoms with van der Waals surface area (Å²) in [6.07, 6.45) is 0.776. The van der Waals surface area contributed by atoms with Gasteiger partial charge in [0.2, 0.25) is 0 Å². The van der Waals surface area contributed by atoms with Crippen LogP contribution in [0.25, 0.3) is 0 Å². The van der Waals surface area contributed by atoms with Gasteiger partial charge in [0, 0.05) is 12.2 Å². The molecule has 0 bridgehead atoms. The fourth-order valence-electron chi connectivity index (χ4n) is 2.54. The molecule has 0 fully saturated rings. The van der Waals surface area contributed by atoms with Crippen molar-refractivity contribution in [2.45, 2.75) is 26.3 Å². The van der Waals surface area contributed by atoms with E-state index in [4.69, 9.17) is 4.74 Å². The van der Waals surface area contributed by atoms with Gasteiger partial charge in [0.1, 0.15) is 4.61 Å². The Morgan fingerprint density at radius 3 is 2.74 bits per heavy atom. The van der Waals surface area contributed by atoms with Crippen molar-refractivity contribution in [3.63, 3.8) is 0 Å². The van der Waals surface area contributed by atoms with Crippen LogP contribution in [0.1, 0.15) is 31.9 Å². The number of hydrogen-bond donors (Lipinski definition) is 0. The summed E-state index contributed by atoms with van der Waals surface area (Å²) in [4.78, 5) is 14.1. The fraction of sp³-hybridized carbons (Fsp3) is 0.400. The van der Waals surface area contributed by atoms with Crippen LogP contribution < -0.4 is 0 Å². The molecule has 1 atom stereocenters. The second-order valence-corrected chi connectivity index (χ2v) is 5.26. The Labute approximate surface area is 127 Å². The van der Waals surface area contributed by atoms with Crippen LogP contribution in [0.5, 0.6) is 0 Å². The van der Waals surface area contributed by atoms with Gasteiger partial charge in [-0.3, -0.25) is 0 Å². The third-order valence-electron chi connectivity index (χ3n) is 3.65. The minimum Gasteiger partial charge on any atom is -0.452 e. The minimum absolute atomic E-state index is 0.172. The molecule has 0 unspecified atom stereocenters. The molecule has 1 aromatic rings. The molecule has 3 nitrogen and oxygen atoms in total. The van der Waals surface area contributed by atoms with Crippen LogP contribution in [-0.2, 0) is 9.53 Å². The van der Waals surface area contributed by atoms with E-state index in [9.17, 15) is 4.79 Å². The van der Waals surface area contributed by atoms with E-state index in [0.29, 0.717) is 4.61 Å². The summed E-state index contributed by atoms with van der Waals surface area (Å²) in [5.74, 6) is -0.172. The maximum Gasteiger partial charge on any atom is 0.336 e. The van der Waals surface area contributed by atoms with Crippen LogP contribution >= 0.6 is 22.6 Å². The third-order valence-corrected chi connectivity index (χ3v) is 3.96. The van der Waals surface area contributed by atoms with E-state index >= 15 is 0 Å². The molecule has 0 saturated carbocycles. The van der Waals surface area contributed by atoms with E-state index in [1.165, 1.54) is 5.56 Å². The molecule has 1 heterocycles. The van der Waals surface area contributed by atoms with Gasteiger partial charge in [-0.05, 0) is 48.4 Å².